The zero-order valence-electron chi connectivity index (χ0n) is 11.4. The summed E-state index contributed by atoms with van der Waals surface area (Å²) in [7, 11) is 1.56. The Hall–Kier alpha value is -2.41. The molecule has 0 unspecified atom stereocenters. The first kappa shape index (κ1) is 14.5. The molecule has 0 saturated carbocycles. The Bertz CT molecular complexity index is 846. The van der Waals surface area contributed by atoms with Crippen LogP contribution in [-0.4, -0.2) is 18.0 Å². The van der Waals surface area contributed by atoms with Gasteiger partial charge in [-0.05, 0) is 46.3 Å². The first-order valence-electron chi connectivity index (χ1n) is 6.28. The minimum Gasteiger partial charge on any atom is -0.497 e. The molecular weight excluding hydrogens is 355 g/mol. The number of ether oxygens (including phenoxy) is 1. The van der Waals surface area contributed by atoms with Crippen molar-refractivity contribution in [3.63, 3.8) is 0 Å². The number of nitrogens with zero attached hydrogens (tertiary/aromatic N) is 1. The molecule has 3 aromatic rings. The van der Waals surface area contributed by atoms with Crippen molar-refractivity contribution in [2.24, 2.45) is 0 Å². The summed E-state index contributed by atoms with van der Waals surface area (Å²) < 4.78 is 24.1. The molecule has 2 aromatic carbocycles. The number of rotatable bonds is 3. The summed E-state index contributed by atoms with van der Waals surface area (Å²) in [6.45, 7) is 0. The third kappa shape index (κ3) is 2.80. The molecule has 112 valence electrons. The maximum absolute atomic E-state index is 13.3. The van der Waals surface area contributed by atoms with E-state index in [1.165, 1.54) is 12.1 Å². The predicted molar refractivity (Wildman–Crippen MR) is 82.6 cm³/mol. The first-order valence-corrected chi connectivity index (χ1v) is 7.07. The van der Waals surface area contributed by atoms with Crippen LogP contribution in [-0.2, 0) is 0 Å². The number of oxazole rings is 1. The van der Waals surface area contributed by atoms with Crippen molar-refractivity contribution >= 4 is 38.6 Å². The summed E-state index contributed by atoms with van der Waals surface area (Å²) >= 11 is 3.17. The van der Waals surface area contributed by atoms with Crippen LogP contribution in [0.4, 0.5) is 10.1 Å². The number of benzene rings is 2. The van der Waals surface area contributed by atoms with Gasteiger partial charge in [0.25, 0.3) is 5.89 Å². The van der Waals surface area contributed by atoms with Gasteiger partial charge in [-0.15, -0.1) is 0 Å². The topological polar surface area (TPSA) is 64.4 Å². The largest absolute Gasteiger partial charge is 0.497 e. The van der Waals surface area contributed by atoms with Crippen LogP contribution in [0, 0.1) is 5.82 Å². The Kier molecular flexibility index (Phi) is 3.81. The highest BCUT2D eigenvalue weighted by Crippen LogP contribution is 2.26. The molecule has 0 spiro atoms. The number of methoxy groups -OCH3 is 1. The maximum Gasteiger partial charge on any atom is 0.311 e. The normalized spacial score (nSPS) is 10.7. The van der Waals surface area contributed by atoms with Gasteiger partial charge in [0.1, 0.15) is 17.1 Å². The average Bonchev–Trinajstić information content (AvgIpc) is 2.92. The molecule has 3 rings (SSSR count). The van der Waals surface area contributed by atoms with Gasteiger partial charge in [-0.3, -0.25) is 4.79 Å². The van der Waals surface area contributed by atoms with Crippen molar-refractivity contribution in [2.75, 3.05) is 12.4 Å². The third-order valence-corrected chi connectivity index (χ3v) is 3.54. The molecule has 1 N–H and O–H groups in total. The minimum absolute atomic E-state index is 0.142. The van der Waals surface area contributed by atoms with E-state index in [0.717, 1.165) is 0 Å². The van der Waals surface area contributed by atoms with Gasteiger partial charge in [-0.25, -0.2) is 9.37 Å². The highest BCUT2D eigenvalue weighted by molar-refractivity contribution is 9.10. The molecule has 0 atom stereocenters. The van der Waals surface area contributed by atoms with Crippen molar-refractivity contribution in [3.8, 4) is 5.75 Å². The lowest BCUT2D eigenvalue weighted by atomic mass is 10.3. The zero-order chi connectivity index (χ0) is 15.7. The SMILES string of the molecule is COc1ccc(NC(=O)c2nc3cc(F)cc(Br)c3o2)cc1. The minimum atomic E-state index is -0.520. The number of amides is 1. The number of anilines is 1. The number of fused-ring (bicyclic) bond motifs is 1. The monoisotopic (exact) mass is 364 g/mol. The standard InChI is InChI=1S/C15H10BrFN2O3/c1-21-10-4-2-9(3-5-10)18-14(20)15-19-12-7-8(17)6-11(16)13(12)22-15/h2-7H,1H3,(H,18,20). The molecule has 1 aromatic heterocycles. The Morgan fingerprint density at radius 3 is 2.73 bits per heavy atom. The van der Waals surface area contributed by atoms with Crippen LogP contribution in [0.5, 0.6) is 5.75 Å². The Morgan fingerprint density at radius 2 is 2.05 bits per heavy atom. The Morgan fingerprint density at radius 1 is 1.32 bits per heavy atom. The van der Waals surface area contributed by atoms with E-state index < -0.39 is 11.7 Å². The molecule has 0 aliphatic heterocycles. The van der Waals surface area contributed by atoms with Crippen LogP contribution in [0.2, 0.25) is 0 Å². The molecule has 0 radical (unpaired) electrons. The summed E-state index contributed by atoms with van der Waals surface area (Å²) in [5, 5.41) is 2.64. The summed E-state index contributed by atoms with van der Waals surface area (Å²) in [4.78, 5) is 16.1. The molecule has 1 heterocycles. The van der Waals surface area contributed by atoms with Crippen molar-refractivity contribution in [1.29, 1.82) is 0 Å². The number of hydrogen-bond acceptors (Lipinski definition) is 4. The first-order chi connectivity index (χ1) is 10.6. The number of hydrogen-bond donors (Lipinski definition) is 1. The Labute approximate surface area is 133 Å². The molecule has 0 aliphatic rings. The maximum atomic E-state index is 13.3. The van der Waals surface area contributed by atoms with Gasteiger partial charge >= 0.3 is 5.91 Å². The second-order valence-electron chi connectivity index (χ2n) is 4.44. The van der Waals surface area contributed by atoms with Crippen LogP contribution in [0.25, 0.3) is 11.1 Å². The van der Waals surface area contributed by atoms with Crippen molar-refractivity contribution in [1.82, 2.24) is 4.98 Å². The average molecular weight is 365 g/mol. The lowest BCUT2D eigenvalue weighted by Gasteiger charge is -2.03. The second-order valence-corrected chi connectivity index (χ2v) is 5.29. The van der Waals surface area contributed by atoms with Crippen LogP contribution in [0.1, 0.15) is 10.7 Å². The van der Waals surface area contributed by atoms with Crippen LogP contribution in [0.15, 0.2) is 45.3 Å². The summed E-state index contributed by atoms with van der Waals surface area (Å²) in [5.74, 6) is -0.445. The molecule has 0 fully saturated rings. The molecule has 1 amide bonds. The van der Waals surface area contributed by atoms with E-state index in [0.29, 0.717) is 21.5 Å². The summed E-state index contributed by atoms with van der Waals surface area (Å²) in [6, 6.07) is 9.26. The van der Waals surface area contributed by atoms with Gasteiger partial charge in [0.2, 0.25) is 0 Å². The number of carbonyl (C=O) groups excluding carboxylic acids is 1. The summed E-state index contributed by atoms with van der Waals surface area (Å²) in [5.41, 5.74) is 1.16. The van der Waals surface area contributed by atoms with Gasteiger partial charge in [0.05, 0.1) is 11.6 Å². The lowest BCUT2D eigenvalue weighted by molar-refractivity contribution is 0.0992. The van der Waals surface area contributed by atoms with Gasteiger partial charge in [-0.2, -0.15) is 0 Å². The lowest BCUT2D eigenvalue weighted by Crippen LogP contribution is -2.12. The number of halogens is 2. The van der Waals surface area contributed by atoms with Crippen LogP contribution < -0.4 is 10.1 Å². The van der Waals surface area contributed by atoms with E-state index >= 15 is 0 Å². The highest BCUT2D eigenvalue weighted by Gasteiger charge is 2.17. The zero-order valence-corrected chi connectivity index (χ0v) is 13.0. The van der Waals surface area contributed by atoms with Crippen molar-refractivity contribution < 1.29 is 18.3 Å². The van der Waals surface area contributed by atoms with Crippen LogP contribution in [0.3, 0.4) is 0 Å². The molecule has 5 nitrogen and oxygen atoms in total. The summed E-state index contributed by atoms with van der Waals surface area (Å²) in [6.07, 6.45) is 0. The van der Waals surface area contributed by atoms with E-state index in [2.05, 4.69) is 26.2 Å². The molecule has 0 bridgehead atoms. The predicted octanol–water partition coefficient (Wildman–Crippen LogP) is 3.99. The highest BCUT2D eigenvalue weighted by atomic mass is 79.9. The smallest absolute Gasteiger partial charge is 0.311 e. The van der Waals surface area contributed by atoms with E-state index in [4.69, 9.17) is 9.15 Å². The van der Waals surface area contributed by atoms with E-state index in [9.17, 15) is 9.18 Å². The third-order valence-electron chi connectivity index (χ3n) is 2.95. The molecule has 0 aliphatic carbocycles. The van der Waals surface area contributed by atoms with Gasteiger partial charge < -0.3 is 14.5 Å². The second kappa shape index (κ2) is 5.76. The molecular formula is C15H10BrFN2O3. The van der Waals surface area contributed by atoms with E-state index in [-0.39, 0.29) is 11.4 Å². The molecule has 7 heteroatoms. The molecule has 22 heavy (non-hydrogen) atoms. The van der Waals surface area contributed by atoms with Crippen LogP contribution >= 0.6 is 15.9 Å². The van der Waals surface area contributed by atoms with Gasteiger partial charge in [0.15, 0.2) is 5.58 Å². The van der Waals surface area contributed by atoms with Gasteiger partial charge in [-0.1, -0.05) is 0 Å². The van der Waals surface area contributed by atoms with E-state index in [1.54, 1.807) is 31.4 Å². The number of nitrogens with one attached hydrogen (secondary N) is 1. The Balaban J connectivity index is 1.86. The number of aromatic nitrogens is 1. The van der Waals surface area contributed by atoms with Gasteiger partial charge in [0, 0.05) is 11.8 Å². The van der Waals surface area contributed by atoms with Crippen molar-refractivity contribution in [2.45, 2.75) is 0 Å². The molecule has 0 saturated heterocycles. The quantitative estimate of drug-likeness (QED) is 0.762. The van der Waals surface area contributed by atoms with E-state index in [1.807, 2.05) is 0 Å². The fourth-order valence-corrected chi connectivity index (χ4v) is 2.42. The van der Waals surface area contributed by atoms with Crippen molar-refractivity contribution in [3.05, 3.63) is 52.6 Å². The fraction of sp³-hybridized carbons (Fsp3) is 0.0667. The fourth-order valence-electron chi connectivity index (χ4n) is 1.92. The number of carbonyl (C=O) groups is 1.